The molecule has 6 nitrogen and oxygen atoms in total. The summed E-state index contributed by atoms with van der Waals surface area (Å²) in [5.74, 6) is -0.279. The van der Waals surface area contributed by atoms with Crippen molar-refractivity contribution in [2.24, 2.45) is 0 Å². The average Bonchev–Trinajstić information content (AvgIpc) is 2.99. The van der Waals surface area contributed by atoms with Crippen molar-refractivity contribution in [3.8, 4) is 16.3 Å². The number of carbonyl (C=O) groups excluding carboxylic acids is 1. The van der Waals surface area contributed by atoms with Gasteiger partial charge in [-0.25, -0.2) is 4.98 Å². The molecule has 0 aliphatic heterocycles. The summed E-state index contributed by atoms with van der Waals surface area (Å²) in [5, 5.41) is 13.9. The number of thiazole rings is 1. The number of benzene rings is 1. The summed E-state index contributed by atoms with van der Waals surface area (Å²) in [6.45, 7) is 0.356. The summed E-state index contributed by atoms with van der Waals surface area (Å²) in [6, 6.07) is 7.59. The van der Waals surface area contributed by atoms with E-state index in [1.807, 2.05) is 29.6 Å². The molecule has 0 saturated heterocycles. The van der Waals surface area contributed by atoms with Gasteiger partial charge in [-0.3, -0.25) is 9.59 Å². The lowest BCUT2D eigenvalue weighted by molar-refractivity contribution is -0.137. The number of carboxylic acids is 1. The molecular weight excluding hydrogens is 316 g/mol. The van der Waals surface area contributed by atoms with Crippen LogP contribution in [-0.2, 0) is 16.0 Å². The third kappa shape index (κ3) is 5.07. The maximum absolute atomic E-state index is 11.8. The Labute approximate surface area is 138 Å². The van der Waals surface area contributed by atoms with Crippen LogP contribution in [0.5, 0.6) is 5.75 Å². The zero-order valence-electron chi connectivity index (χ0n) is 12.7. The van der Waals surface area contributed by atoms with E-state index in [0.717, 1.165) is 16.3 Å². The van der Waals surface area contributed by atoms with Gasteiger partial charge >= 0.3 is 5.97 Å². The van der Waals surface area contributed by atoms with E-state index in [1.54, 1.807) is 7.11 Å². The molecule has 1 amide bonds. The number of aliphatic carboxylic acids is 1. The normalized spacial score (nSPS) is 10.3. The van der Waals surface area contributed by atoms with Gasteiger partial charge in [0.2, 0.25) is 5.91 Å². The highest BCUT2D eigenvalue weighted by Crippen LogP contribution is 2.31. The molecule has 7 heteroatoms. The SMILES string of the molecule is COc1ccccc1-c1nc(CC(=O)NCCCC(=O)O)cs1. The van der Waals surface area contributed by atoms with Crippen LogP contribution >= 0.6 is 11.3 Å². The lowest BCUT2D eigenvalue weighted by atomic mass is 10.2. The van der Waals surface area contributed by atoms with Gasteiger partial charge in [0.05, 0.1) is 24.8 Å². The number of hydrogen-bond acceptors (Lipinski definition) is 5. The lowest BCUT2D eigenvalue weighted by Crippen LogP contribution is -2.26. The number of rotatable bonds is 8. The molecule has 2 aromatic rings. The Morgan fingerprint density at radius 3 is 2.87 bits per heavy atom. The van der Waals surface area contributed by atoms with Crippen molar-refractivity contribution in [2.45, 2.75) is 19.3 Å². The number of hydrogen-bond donors (Lipinski definition) is 2. The number of para-hydroxylation sites is 1. The van der Waals surface area contributed by atoms with Crippen LogP contribution < -0.4 is 10.1 Å². The van der Waals surface area contributed by atoms with Gasteiger partial charge in [0.1, 0.15) is 10.8 Å². The lowest BCUT2D eigenvalue weighted by Gasteiger charge is -2.04. The van der Waals surface area contributed by atoms with E-state index < -0.39 is 5.97 Å². The van der Waals surface area contributed by atoms with Gasteiger partial charge < -0.3 is 15.2 Å². The first-order chi connectivity index (χ1) is 11.1. The fourth-order valence-electron chi connectivity index (χ4n) is 2.03. The molecule has 23 heavy (non-hydrogen) atoms. The first kappa shape index (κ1) is 17.0. The fraction of sp³-hybridized carbons (Fsp3) is 0.312. The Morgan fingerprint density at radius 1 is 1.35 bits per heavy atom. The van der Waals surface area contributed by atoms with Crippen LogP contribution in [0.2, 0.25) is 0 Å². The van der Waals surface area contributed by atoms with Crippen LogP contribution in [0.3, 0.4) is 0 Å². The first-order valence-electron chi connectivity index (χ1n) is 7.16. The molecule has 0 spiro atoms. The van der Waals surface area contributed by atoms with Crippen molar-refractivity contribution in [1.29, 1.82) is 0 Å². The molecule has 1 aromatic heterocycles. The van der Waals surface area contributed by atoms with Crippen LogP contribution in [0.1, 0.15) is 18.5 Å². The van der Waals surface area contributed by atoms with Crippen molar-refractivity contribution >= 4 is 23.2 Å². The summed E-state index contributed by atoms with van der Waals surface area (Å²) in [6.07, 6.45) is 0.651. The first-order valence-corrected chi connectivity index (χ1v) is 8.04. The number of nitrogens with one attached hydrogen (secondary N) is 1. The molecule has 2 rings (SSSR count). The monoisotopic (exact) mass is 334 g/mol. The van der Waals surface area contributed by atoms with Crippen molar-refractivity contribution < 1.29 is 19.4 Å². The fourth-order valence-corrected chi connectivity index (χ4v) is 2.88. The van der Waals surface area contributed by atoms with E-state index in [4.69, 9.17) is 9.84 Å². The summed E-state index contributed by atoms with van der Waals surface area (Å²) in [4.78, 5) is 26.7. The molecule has 0 fully saturated rings. The van der Waals surface area contributed by atoms with Gasteiger partial charge in [0.25, 0.3) is 0 Å². The number of aromatic nitrogens is 1. The number of ether oxygens (including phenoxy) is 1. The minimum atomic E-state index is -0.861. The molecule has 0 unspecified atom stereocenters. The Morgan fingerprint density at radius 2 is 2.13 bits per heavy atom. The van der Waals surface area contributed by atoms with Crippen LogP contribution in [0.4, 0.5) is 0 Å². The quantitative estimate of drug-likeness (QED) is 0.723. The molecule has 0 saturated carbocycles. The van der Waals surface area contributed by atoms with Crippen LogP contribution in [0.25, 0.3) is 10.6 Å². The second kappa shape index (κ2) is 8.28. The third-order valence-corrected chi connectivity index (χ3v) is 4.04. The Kier molecular flexibility index (Phi) is 6.10. The third-order valence-electron chi connectivity index (χ3n) is 3.12. The molecule has 122 valence electrons. The Balaban J connectivity index is 1.92. The van der Waals surface area contributed by atoms with Gasteiger partial charge in [-0.15, -0.1) is 11.3 Å². The van der Waals surface area contributed by atoms with E-state index in [-0.39, 0.29) is 18.7 Å². The molecule has 0 bridgehead atoms. The molecule has 1 aromatic carbocycles. The maximum atomic E-state index is 11.8. The van der Waals surface area contributed by atoms with E-state index in [0.29, 0.717) is 18.7 Å². The Bertz CT molecular complexity index is 684. The molecule has 1 heterocycles. The zero-order chi connectivity index (χ0) is 16.7. The molecule has 2 N–H and O–H groups in total. The van der Waals surface area contributed by atoms with Gasteiger partial charge in [0, 0.05) is 18.3 Å². The molecule has 0 atom stereocenters. The number of methoxy groups -OCH3 is 1. The molecule has 0 aliphatic carbocycles. The predicted octanol–water partition coefficient (Wildman–Crippen LogP) is 2.34. The molecule has 0 aliphatic rings. The smallest absolute Gasteiger partial charge is 0.303 e. The number of carbonyl (C=O) groups is 2. The molecular formula is C16H18N2O4S. The van der Waals surface area contributed by atoms with E-state index >= 15 is 0 Å². The number of carboxylic acid groups (broad SMARTS) is 1. The summed E-state index contributed by atoms with van der Waals surface area (Å²) in [5.41, 5.74) is 1.58. The van der Waals surface area contributed by atoms with Crippen LogP contribution in [0.15, 0.2) is 29.6 Å². The van der Waals surface area contributed by atoms with Gasteiger partial charge in [-0.1, -0.05) is 12.1 Å². The average molecular weight is 334 g/mol. The second-order valence-corrected chi connectivity index (χ2v) is 5.73. The van der Waals surface area contributed by atoms with E-state index in [1.165, 1.54) is 11.3 Å². The highest BCUT2D eigenvalue weighted by molar-refractivity contribution is 7.13. The second-order valence-electron chi connectivity index (χ2n) is 4.87. The van der Waals surface area contributed by atoms with Crippen molar-refractivity contribution in [1.82, 2.24) is 10.3 Å². The van der Waals surface area contributed by atoms with Crippen molar-refractivity contribution in [2.75, 3.05) is 13.7 Å². The van der Waals surface area contributed by atoms with Crippen LogP contribution in [-0.4, -0.2) is 35.6 Å². The largest absolute Gasteiger partial charge is 0.496 e. The summed E-state index contributed by atoms with van der Waals surface area (Å²) < 4.78 is 5.31. The summed E-state index contributed by atoms with van der Waals surface area (Å²) >= 11 is 1.46. The van der Waals surface area contributed by atoms with Crippen LogP contribution in [0, 0.1) is 0 Å². The topological polar surface area (TPSA) is 88.5 Å². The predicted molar refractivity (Wildman–Crippen MR) is 87.7 cm³/mol. The van der Waals surface area contributed by atoms with E-state index in [9.17, 15) is 9.59 Å². The van der Waals surface area contributed by atoms with E-state index in [2.05, 4.69) is 10.3 Å². The van der Waals surface area contributed by atoms with Gasteiger partial charge in [0.15, 0.2) is 0 Å². The number of amides is 1. The number of nitrogens with zero attached hydrogens (tertiary/aromatic N) is 1. The minimum absolute atomic E-state index is 0.0505. The van der Waals surface area contributed by atoms with Crippen molar-refractivity contribution in [3.63, 3.8) is 0 Å². The highest BCUT2D eigenvalue weighted by Gasteiger charge is 2.12. The Hall–Kier alpha value is -2.41. The van der Waals surface area contributed by atoms with Crippen molar-refractivity contribution in [3.05, 3.63) is 35.3 Å². The standard InChI is InChI=1S/C16H18N2O4S/c1-22-13-6-3-2-5-12(13)16-18-11(10-23-16)9-14(19)17-8-4-7-15(20)21/h2-3,5-6,10H,4,7-9H2,1H3,(H,17,19)(H,20,21). The minimum Gasteiger partial charge on any atom is -0.496 e. The van der Waals surface area contributed by atoms with Gasteiger partial charge in [-0.05, 0) is 18.6 Å². The maximum Gasteiger partial charge on any atom is 0.303 e. The zero-order valence-corrected chi connectivity index (χ0v) is 13.6. The van der Waals surface area contributed by atoms with Gasteiger partial charge in [-0.2, -0.15) is 0 Å². The highest BCUT2D eigenvalue weighted by atomic mass is 32.1. The summed E-state index contributed by atoms with van der Waals surface area (Å²) in [7, 11) is 1.61. The molecule has 0 radical (unpaired) electrons.